The molecule has 0 bridgehead atoms. The number of nitrogens with two attached hydrogens (primary N) is 1. The molecule has 0 saturated carbocycles. The molecule has 1 aliphatic heterocycles. The van der Waals surface area contributed by atoms with Crippen LogP contribution in [-0.2, 0) is 4.79 Å². The summed E-state index contributed by atoms with van der Waals surface area (Å²) in [5.74, 6) is -0.0816. The standard InChI is InChI=1S/C7H14N2O/c1-5-6(7(8)10)3-4-9(5)2/h5-6H,3-4H2,1-2H3,(H2,8,10)/t5-,6-/m0/s1. The van der Waals surface area contributed by atoms with Crippen LogP contribution in [0.25, 0.3) is 0 Å². The van der Waals surface area contributed by atoms with E-state index < -0.39 is 0 Å². The van der Waals surface area contributed by atoms with E-state index in [-0.39, 0.29) is 11.8 Å². The Morgan fingerprint density at radius 1 is 1.70 bits per heavy atom. The van der Waals surface area contributed by atoms with Crippen LogP contribution >= 0.6 is 0 Å². The summed E-state index contributed by atoms with van der Waals surface area (Å²) < 4.78 is 0. The molecule has 0 spiro atoms. The molecule has 10 heavy (non-hydrogen) atoms. The van der Waals surface area contributed by atoms with E-state index in [1.165, 1.54) is 0 Å². The maximum atomic E-state index is 10.8. The lowest BCUT2D eigenvalue weighted by atomic mass is 10.0. The number of likely N-dealkylation sites (tertiary alicyclic amines) is 1. The average molecular weight is 142 g/mol. The summed E-state index contributed by atoms with van der Waals surface area (Å²) in [6.45, 7) is 3.04. The number of primary amides is 1. The van der Waals surface area contributed by atoms with E-state index in [4.69, 9.17) is 5.73 Å². The normalized spacial score (nSPS) is 34.6. The van der Waals surface area contributed by atoms with Crippen molar-refractivity contribution in [3.8, 4) is 0 Å². The molecule has 1 saturated heterocycles. The van der Waals surface area contributed by atoms with Gasteiger partial charge in [-0.3, -0.25) is 4.79 Å². The molecule has 3 heteroatoms. The van der Waals surface area contributed by atoms with E-state index in [2.05, 4.69) is 4.90 Å². The topological polar surface area (TPSA) is 46.3 Å². The molecule has 0 radical (unpaired) electrons. The summed E-state index contributed by atoms with van der Waals surface area (Å²) in [6.07, 6.45) is 0.924. The van der Waals surface area contributed by atoms with E-state index in [0.29, 0.717) is 6.04 Å². The van der Waals surface area contributed by atoms with Gasteiger partial charge in [-0.2, -0.15) is 0 Å². The minimum atomic E-state index is -0.156. The van der Waals surface area contributed by atoms with Crippen LogP contribution < -0.4 is 5.73 Å². The summed E-state index contributed by atoms with van der Waals surface area (Å²) in [6, 6.07) is 0.331. The lowest BCUT2D eigenvalue weighted by Crippen LogP contribution is -2.33. The maximum absolute atomic E-state index is 10.8. The zero-order chi connectivity index (χ0) is 7.72. The predicted molar refractivity (Wildman–Crippen MR) is 39.4 cm³/mol. The van der Waals surface area contributed by atoms with Crippen LogP contribution in [-0.4, -0.2) is 30.4 Å². The Labute approximate surface area is 61.2 Å². The van der Waals surface area contributed by atoms with E-state index >= 15 is 0 Å². The fraction of sp³-hybridized carbons (Fsp3) is 0.857. The van der Waals surface area contributed by atoms with Crippen molar-refractivity contribution in [2.45, 2.75) is 19.4 Å². The van der Waals surface area contributed by atoms with Gasteiger partial charge in [-0.05, 0) is 26.9 Å². The molecule has 1 amide bonds. The minimum absolute atomic E-state index is 0.0741. The number of carbonyl (C=O) groups is 1. The van der Waals surface area contributed by atoms with Gasteiger partial charge in [0.25, 0.3) is 0 Å². The molecule has 2 N–H and O–H groups in total. The third-order valence-corrected chi connectivity index (χ3v) is 2.44. The summed E-state index contributed by atoms with van der Waals surface area (Å²) in [5, 5.41) is 0. The van der Waals surface area contributed by atoms with Crippen LogP contribution in [0.3, 0.4) is 0 Å². The highest BCUT2D eigenvalue weighted by Crippen LogP contribution is 2.21. The first-order chi connectivity index (χ1) is 4.63. The molecule has 0 unspecified atom stereocenters. The minimum Gasteiger partial charge on any atom is -0.369 e. The lowest BCUT2D eigenvalue weighted by Gasteiger charge is -2.17. The quantitative estimate of drug-likeness (QED) is 0.551. The lowest BCUT2D eigenvalue weighted by molar-refractivity contribution is -0.122. The highest BCUT2D eigenvalue weighted by molar-refractivity contribution is 5.77. The van der Waals surface area contributed by atoms with Gasteiger partial charge in [0.1, 0.15) is 0 Å². The highest BCUT2D eigenvalue weighted by atomic mass is 16.1. The predicted octanol–water partition coefficient (Wildman–Crippen LogP) is -0.188. The molecule has 1 fully saturated rings. The molecule has 1 heterocycles. The number of carbonyl (C=O) groups excluding carboxylic acids is 1. The van der Waals surface area contributed by atoms with Crippen molar-refractivity contribution in [1.82, 2.24) is 4.90 Å². The molecule has 1 aliphatic rings. The molecule has 0 aromatic heterocycles. The van der Waals surface area contributed by atoms with Crippen molar-refractivity contribution in [1.29, 1.82) is 0 Å². The van der Waals surface area contributed by atoms with Gasteiger partial charge in [-0.25, -0.2) is 0 Å². The number of nitrogens with zero attached hydrogens (tertiary/aromatic N) is 1. The number of rotatable bonds is 1. The molecule has 1 rings (SSSR count). The van der Waals surface area contributed by atoms with Crippen molar-refractivity contribution in [2.75, 3.05) is 13.6 Å². The third-order valence-electron chi connectivity index (χ3n) is 2.44. The first kappa shape index (κ1) is 7.54. The van der Waals surface area contributed by atoms with E-state index in [0.717, 1.165) is 13.0 Å². The van der Waals surface area contributed by atoms with Gasteiger partial charge in [0, 0.05) is 6.04 Å². The summed E-state index contributed by atoms with van der Waals surface area (Å²) in [4.78, 5) is 12.9. The zero-order valence-electron chi connectivity index (χ0n) is 6.50. The third kappa shape index (κ3) is 1.14. The van der Waals surface area contributed by atoms with Gasteiger partial charge in [0.15, 0.2) is 0 Å². The van der Waals surface area contributed by atoms with Crippen molar-refractivity contribution < 1.29 is 4.79 Å². The molecular formula is C7H14N2O. The van der Waals surface area contributed by atoms with Gasteiger partial charge in [0.05, 0.1) is 5.92 Å². The smallest absolute Gasteiger partial charge is 0.222 e. The van der Waals surface area contributed by atoms with Crippen LogP contribution in [0, 0.1) is 5.92 Å². The molecule has 0 aromatic carbocycles. The summed E-state index contributed by atoms with van der Waals surface area (Å²) in [7, 11) is 2.02. The van der Waals surface area contributed by atoms with Crippen LogP contribution in [0.4, 0.5) is 0 Å². The number of amides is 1. The first-order valence-corrected chi connectivity index (χ1v) is 3.62. The Morgan fingerprint density at radius 3 is 2.50 bits per heavy atom. The Balaban J connectivity index is 2.57. The largest absolute Gasteiger partial charge is 0.369 e. The molecular weight excluding hydrogens is 128 g/mol. The molecule has 0 aliphatic carbocycles. The zero-order valence-corrected chi connectivity index (χ0v) is 6.50. The molecule has 58 valence electrons. The highest BCUT2D eigenvalue weighted by Gasteiger charge is 2.31. The van der Waals surface area contributed by atoms with Gasteiger partial charge in [-0.15, -0.1) is 0 Å². The maximum Gasteiger partial charge on any atom is 0.222 e. The van der Waals surface area contributed by atoms with Crippen molar-refractivity contribution >= 4 is 5.91 Å². The Morgan fingerprint density at radius 2 is 2.30 bits per heavy atom. The van der Waals surface area contributed by atoms with Crippen LogP contribution in [0.5, 0.6) is 0 Å². The Bertz CT molecular complexity index is 147. The SMILES string of the molecule is C[C@H]1[C@@H](C(N)=O)CCN1C. The van der Waals surface area contributed by atoms with Gasteiger partial charge >= 0.3 is 0 Å². The second-order valence-electron chi connectivity index (χ2n) is 3.02. The number of hydrogen-bond acceptors (Lipinski definition) is 2. The van der Waals surface area contributed by atoms with Crippen LogP contribution in [0.15, 0.2) is 0 Å². The van der Waals surface area contributed by atoms with Gasteiger partial charge < -0.3 is 10.6 Å². The molecule has 3 nitrogen and oxygen atoms in total. The fourth-order valence-corrected chi connectivity index (χ4v) is 1.47. The van der Waals surface area contributed by atoms with Crippen molar-refractivity contribution in [2.24, 2.45) is 11.7 Å². The second kappa shape index (κ2) is 2.58. The van der Waals surface area contributed by atoms with E-state index in [9.17, 15) is 4.79 Å². The first-order valence-electron chi connectivity index (χ1n) is 3.62. The molecule has 0 aromatic rings. The average Bonchev–Trinajstić information content (AvgIpc) is 2.14. The Kier molecular flexibility index (Phi) is 1.94. The monoisotopic (exact) mass is 142 g/mol. The summed E-state index contributed by atoms with van der Waals surface area (Å²) >= 11 is 0. The Hall–Kier alpha value is -0.570. The van der Waals surface area contributed by atoms with Gasteiger partial charge in [0.2, 0.25) is 5.91 Å². The summed E-state index contributed by atoms with van der Waals surface area (Å²) in [5.41, 5.74) is 5.18. The fourth-order valence-electron chi connectivity index (χ4n) is 1.47. The van der Waals surface area contributed by atoms with E-state index in [1.807, 2.05) is 14.0 Å². The second-order valence-corrected chi connectivity index (χ2v) is 3.02. The van der Waals surface area contributed by atoms with Crippen LogP contribution in [0.2, 0.25) is 0 Å². The van der Waals surface area contributed by atoms with Gasteiger partial charge in [-0.1, -0.05) is 0 Å². The van der Waals surface area contributed by atoms with Crippen molar-refractivity contribution in [3.63, 3.8) is 0 Å². The van der Waals surface area contributed by atoms with Crippen LogP contribution in [0.1, 0.15) is 13.3 Å². The van der Waals surface area contributed by atoms with Crippen molar-refractivity contribution in [3.05, 3.63) is 0 Å². The number of hydrogen-bond donors (Lipinski definition) is 1. The molecule has 2 atom stereocenters. The van der Waals surface area contributed by atoms with E-state index in [1.54, 1.807) is 0 Å².